The number of carbonyl (C=O) groups is 1. The van der Waals surface area contributed by atoms with E-state index in [1.165, 1.54) is 6.21 Å². The first kappa shape index (κ1) is 23.6. The number of ether oxygens (including phenoxy) is 1. The fourth-order valence-corrected chi connectivity index (χ4v) is 3.88. The van der Waals surface area contributed by atoms with Gasteiger partial charge in [0.2, 0.25) is 0 Å². The number of hydrazone groups is 1. The number of aromatic nitrogens is 2. The zero-order chi connectivity index (χ0) is 22.9. The van der Waals surface area contributed by atoms with Gasteiger partial charge in [-0.1, -0.05) is 0 Å². The molecular formula is C18H23F3N4O4S. The molecule has 0 saturated heterocycles. The number of halogens is 3. The number of thiophene rings is 1. The van der Waals surface area contributed by atoms with Gasteiger partial charge >= 0.3 is 18.0 Å². The third-order valence-corrected chi connectivity index (χ3v) is 5.25. The van der Waals surface area contributed by atoms with Crippen LogP contribution in [0.2, 0.25) is 0 Å². The normalized spacial score (nSPS) is 12.7. The molecular weight excluding hydrogens is 425 g/mol. The van der Waals surface area contributed by atoms with Crippen molar-refractivity contribution in [2.45, 2.75) is 65.9 Å². The van der Waals surface area contributed by atoms with Crippen molar-refractivity contribution >= 4 is 33.9 Å². The highest BCUT2D eigenvalue weighted by Crippen LogP contribution is 2.28. The van der Waals surface area contributed by atoms with Crippen molar-refractivity contribution in [2.24, 2.45) is 5.10 Å². The standard InChI is InChI=1S/C18H23F3N4O4S/c1-6-24-13(26)12-10(2)11(9-22-23-15(27)29-17(3,4)5)30-14(12)25(16(24)28)8-7-18(19,20)21/h9H,6-8H2,1-5H3,(H,23,27)/b22-9+. The van der Waals surface area contributed by atoms with Crippen LogP contribution in [-0.2, 0) is 17.8 Å². The first-order valence-corrected chi connectivity index (χ1v) is 9.92. The van der Waals surface area contributed by atoms with Crippen molar-refractivity contribution < 1.29 is 22.7 Å². The zero-order valence-corrected chi connectivity index (χ0v) is 18.0. The van der Waals surface area contributed by atoms with Gasteiger partial charge in [0, 0.05) is 13.1 Å². The molecule has 0 spiro atoms. The Morgan fingerprint density at radius 2 is 1.87 bits per heavy atom. The van der Waals surface area contributed by atoms with Crippen molar-refractivity contribution in [2.75, 3.05) is 0 Å². The molecule has 0 aromatic carbocycles. The summed E-state index contributed by atoms with van der Waals surface area (Å²) in [6.07, 6.45) is -5.18. The quantitative estimate of drug-likeness (QED) is 0.561. The molecule has 2 rings (SSSR count). The molecule has 0 radical (unpaired) electrons. The number of amides is 1. The third-order valence-electron chi connectivity index (χ3n) is 4.00. The predicted molar refractivity (Wildman–Crippen MR) is 108 cm³/mol. The highest BCUT2D eigenvalue weighted by atomic mass is 32.1. The highest BCUT2D eigenvalue weighted by Gasteiger charge is 2.28. The van der Waals surface area contributed by atoms with Crippen LogP contribution in [0, 0.1) is 6.92 Å². The van der Waals surface area contributed by atoms with Gasteiger partial charge in [-0.15, -0.1) is 11.3 Å². The molecule has 0 fully saturated rings. The SMILES string of the molecule is CCn1c(=O)c2c(C)c(/C=N/NC(=O)OC(C)(C)C)sc2n(CCC(F)(F)F)c1=O. The summed E-state index contributed by atoms with van der Waals surface area (Å²) in [6.45, 7) is 7.65. The van der Waals surface area contributed by atoms with Crippen LogP contribution in [0.4, 0.5) is 18.0 Å². The Bertz CT molecular complexity index is 1090. The van der Waals surface area contributed by atoms with E-state index < -0.39 is 42.1 Å². The van der Waals surface area contributed by atoms with Crippen LogP contribution in [0.25, 0.3) is 10.2 Å². The lowest BCUT2D eigenvalue weighted by Gasteiger charge is -2.18. The van der Waals surface area contributed by atoms with Crippen LogP contribution in [0.3, 0.4) is 0 Å². The van der Waals surface area contributed by atoms with Crippen molar-refractivity contribution in [1.82, 2.24) is 14.6 Å². The third kappa shape index (κ3) is 5.49. The minimum atomic E-state index is -4.45. The zero-order valence-electron chi connectivity index (χ0n) is 17.2. The monoisotopic (exact) mass is 448 g/mol. The topological polar surface area (TPSA) is 94.7 Å². The molecule has 0 atom stereocenters. The van der Waals surface area contributed by atoms with E-state index >= 15 is 0 Å². The minimum Gasteiger partial charge on any atom is -0.443 e. The van der Waals surface area contributed by atoms with Crippen molar-refractivity contribution in [3.63, 3.8) is 0 Å². The summed E-state index contributed by atoms with van der Waals surface area (Å²) >= 11 is 0.954. The summed E-state index contributed by atoms with van der Waals surface area (Å²) in [6, 6.07) is 0. The number of carbonyl (C=O) groups excluding carboxylic acids is 1. The first-order valence-electron chi connectivity index (χ1n) is 9.10. The Labute approximate surface area is 174 Å². The number of nitrogens with one attached hydrogen (secondary N) is 1. The Balaban J connectivity index is 2.49. The molecule has 2 heterocycles. The summed E-state index contributed by atoms with van der Waals surface area (Å²) in [5, 5.41) is 3.93. The largest absolute Gasteiger partial charge is 0.443 e. The second kappa shape index (κ2) is 8.62. The second-order valence-electron chi connectivity index (χ2n) is 7.49. The molecule has 0 saturated carbocycles. The summed E-state index contributed by atoms with van der Waals surface area (Å²) in [7, 11) is 0. The molecule has 0 bridgehead atoms. The fourth-order valence-electron chi connectivity index (χ4n) is 2.69. The van der Waals surface area contributed by atoms with Crippen LogP contribution in [0.1, 0.15) is 44.6 Å². The number of rotatable bonds is 5. The molecule has 2 aromatic rings. The molecule has 1 N–H and O–H groups in total. The molecule has 166 valence electrons. The van der Waals surface area contributed by atoms with Gasteiger partial charge in [0.25, 0.3) is 5.56 Å². The fraction of sp³-hybridized carbons (Fsp3) is 0.556. The van der Waals surface area contributed by atoms with Gasteiger partial charge in [-0.05, 0) is 40.2 Å². The number of hydrogen-bond donors (Lipinski definition) is 1. The van der Waals surface area contributed by atoms with E-state index in [0.717, 1.165) is 20.5 Å². The van der Waals surface area contributed by atoms with Crippen molar-refractivity contribution in [3.8, 4) is 0 Å². The predicted octanol–water partition coefficient (Wildman–Crippen LogP) is 3.36. The van der Waals surface area contributed by atoms with Gasteiger partial charge in [0.05, 0.1) is 22.9 Å². The van der Waals surface area contributed by atoms with E-state index in [2.05, 4.69) is 10.5 Å². The molecule has 30 heavy (non-hydrogen) atoms. The minimum absolute atomic E-state index is 0.0263. The summed E-state index contributed by atoms with van der Waals surface area (Å²) in [5.41, 5.74) is 0.552. The summed E-state index contributed by atoms with van der Waals surface area (Å²) < 4.78 is 45.1. The first-order chi connectivity index (χ1) is 13.7. The lowest BCUT2D eigenvalue weighted by molar-refractivity contribution is -0.136. The van der Waals surface area contributed by atoms with E-state index in [4.69, 9.17) is 4.74 Å². The number of aryl methyl sites for hydroxylation is 2. The van der Waals surface area contributed by atoms with Crippen LogP contribution in [-0.4, -0.2) is 33.2 Å². The Morgan fingerprint density at radius 1 is 1.23 bits per heavy atom. The second-order valence-corrected chi connectivity index (χ2v) is 8.52. The van der Waals surface area contributed by atoms with Crippen molar-refractivity contribution in [1.29, 1.82) is 0 Å². The van der Waals surface area contributed by atoms with Crippen molar-refractivity contribution in [3.05, 3.63) is 31.3 Å². The van der Waals surface area contributed by atoms with Crippen LogP contribution < -0.4 is 16.7 Å². The Kier molecular flexibility index (Phi) is 6.80. The van der Waals surface area contributed by atoms with Crippen LogP contribution in [0.15, 0.2) is 14.7 Å². The van der Waals surface area contributed by atoms with E-state index in [-0.39, 0.29) is 16.8 Å². The lowest BCUT2D eigenvalue weighted by Crippen LogP contribution is -2.39. The summed E-state index contributed by atoms with van der Waals surface area (Å²) in [4.78, 5) is 37.5. The number of hydrogen-bond acceptors (Lipinski definition) is 6. The lowest BCUT2D eigenvalue weighted by atomic mass is 10.2. The maximum Gasteiger partial charge on any atom is 0.428 e. The van der Waals surface area contributed by atoms with E-state index in [1.807, 2.05) is 0 Å². The van der Waals surface area contributed by atoms with Gasteiger partial charge in [0.15, 0.2) is 0 Å². The smallest absolute Gasteiger partial charge is 0.428 e. The molecule has 2 aromatic heterocycles. The molecule has 1 amide bonds. The molecule has 0 aliphatic rings. The van der Waals surface area contributed by atoms with E-state index in [1.54, 1.807) is 34.6 Å². The highest BCUT2D eigenvalue weighted by molar-refractivity contribution is 7.20. The Morgan fingerprint density at radius 3 is 2.40 bits per heavy atom. The average molecular weight is 448 g/mol. The average Bonchev–Trinajstić information content (AvgIpc) is 2.89. The molecule has 8 nitrogen and oxygen atoms in total. The summed E-state index contributed by atoms with van der Waals surface area (Å²) in [5.74, 6) is 0. The molecule has 0 aliphatic heterocycles. The molecule has 0 unspecified atom stereocenters. The van der Waals surface area contributed by atoms with Gasteiger partial charge in [-0.2, -0.15) is 18.3 Å². The Hall–Kier alpha value is -2.63. The number of alkyl halides is 3. The van der Waals surface area contributed by atoms with Gasteiger partial charge < -0.3 is 4.74 Å². The van der Waals surface area contributed by atoms with E-state index in [0.29, 0.717) is 10.4 Å². The number of fused-ring (bicyclic) bond motifs is 1. The maximum absolute atomic E-state index is 12.7. The maximum atomic E-state index is 12.7. The van der Waals surface area contributed by atoms with Crippen LogP contribution in [0.5, 0.6) is 0 Å². The molecule has 0 aliphatic carbocycles. The van der Waals surface area contributed by atoms with Gasteiger partial charge in [0.1, 0.15) is 10.4 Å². The van der Waals surface area contributed by atoms with Gasteiger partial charge in [-0.3, -0.25) is 13.9 Å². The molecule has 12 heteroatoms. The van der Waals surface area contributed by atoms with E-state index in [9.17, 15) is 27.6 Å². The van der Waals surface area contributed by atoms with Gasteiger partial charge in [-0.25, -0.2) is 15.0 Å². The number of nitrogens with zero attached hydrogens (tertiary/aromatic N) is 3. The van der Waals surface area contributed by atoms with Crippen LogP contribution >= 0.6 is 11.3 Å².